The van der Waals surface area contributed by atoms with E-state index in [0.717, 1.165) is 9.70 Å². The zero-order valence-electron chi connectivity index (χ0n) is 10.9. The zero-order chi connectivity index (χ0) is 12.3. The Balaban J connectivity index is 2.79. The minimum Gasteiger partial charge on any atom is -0.248 e. The van der Waals surface area contributed by atoms with Gasteiger partial charge in [-0.15, -0.1) is 11.3 Å². The Hall–Kier alpha value is 0.327. The second-order valence-electron chi connectivity index (χ2n) is 6.09. The second kappa shape index (κ2) is 5.78. The van der Waals surface area contributed by atoms with Crippen molar-refractivity contribution < 1.29 is 0 Å². The molecule has 0 fully saturated rings. The molecule has 0 amide bonds. The van der Waals surface area contributed by atoms with E-state index in [1.54, 1.807) is 11.3 Å². The summed E-state index contributed by atoms with van der Waals surface area (Å²) in [5, 5.41) is 1.32. The van der Waals surface area contributed by atoms with E-state index in [1.807, 2.05) is 6.20 Å². The van der Waals surface area contributed by atoms with Gasteiger partial charge in [-0.2, -0.15) is 0 Å². The van der Waals surface area contributed by atoms with Crippen LogP contribution in [-0.2, 0) is 0 Å². The van der Waals surface area contributed by atoms with Crippen LogP contribution >= 0.6 is 27.3 Å². The Bertz CT molecular complexity index is 330. The van der Waals surface area contributed by atoms with Crippen LogP contribution < -0.4 is 0 Å². The van der Waals surface area contributed by atoms with Crippen LogP contribution in [0.3, 0.4) is 0 Å². The first-order valence-corrected chi connectivity index (χ1v) is 11.2. The number of halogens is 1. The van der Waals surface area contributed by atoms with Gasteiger partial charge in [-0.3, -0.25) is 0 Å². The van der Waals surface area contributed by atoms with Crippen molar-refractivity contribution in [1.82, 2.24) is 4.98 Å². The van der Waals surface area contributed by atoms with Crippen LogP contribution in [-0.4, -0.2) is 13.1 Å². The molecule has 4 heteroatoms. The molecule has 1 nitrogen and oxygen atoms in total. The van der Waals surface area contributed by atoms with Gasteiger partial charge >= 0.3 is 0 Å². The molecule has 0 aliphatic rings. The molecule has 0 radical (unpaired) electrons. The SMILES string of the molecule is CC(C)CC(C[Si](C)(C)C)c1ncc(Br)s1. The minimum absolute atomic E-state index is 0.669. The highest BCUT2D eigenvalue weighted by Gasteiger charge is 2.24. The van der Waals surface area contributed by atoms with E-state index in [4.69, 9.17) is 0 Å². The predicted molar refractivity (Wildman–Crippen MR) is 80.2 cm³/mol. The van der Waals surface area contributed by atoms with E-state index in [1.165, 1.54) is 17.5 Å². The molecule has 0 N–H and O–H groups in total. The smallest absolute Gasteiger partial charge is 0.0964 e. The Labute approximate surface area is 113 Å². The lowest BCUT2D eigenvalue weighted by Gasteiger charge is -2.24. The van der Waals surface area contributed by atoms with Crippen LogP contribution in [0.1, 0.15) is 31.2 Å². The van der Waals surface area contributed by atoms with Crippen molar-refractivity contribution in [3.63, 3.8) is 0 Å². The quantitative estimate of drug-likeness (QED) is 0.664. The van der Waals surface area contributed by atoms with E-state index in [9.17, 15) is 0 Å². The summed E-state index contributed by atoms with van der Waals surface area (Å²) < 4.78 is 1.16. The fourth-order valence-electron chi connectivity index (χ4n) is 2.04. The molecule has 0 aromatic carbocycles. The lowest BCUT2D eigenvalue weighted by molar-refractivity contribution is 0.519. The van der Waals surface area contributed by atoms with Gasteiger partial charge in [0.05, 0.1) is 15.0 Å². The van der Waals surface area contributed by atoms with Crippen molar-refractivity contribution >= 4 is 35.3 Å². The normalized spacial score (nSPS) is 14.4. The Morgan fingerprint density at radius 2 is 2.00 bits per heavy atom. The molecule has 1 aromatic heterocycles. The van der Waals surface area contributed by atoms with Crippen molar-refractivity contribution in [2.45, 2.75) is 51.9 Å². The molecule has 0 aliphatic carbocycles. The van der Waals surface area contributed by atoms with Crippen molar-refractivity contribution in [3.8, 4) is 0 Å². The van der Waals surface area contributed by atoms with E-state index in [2.05, 4.69) is 54.4 Å². The summed E-state index contributed by atoms with van der Waals surface area (Å²) in [6, 6.07) is 1.35. The maximum absolute atomic E-state index is 4.55. The van der Waals surface area contributed by atoms with Crippen LogP contribution in [0.2, 0.25) is 25.7 Å². The molecule has 16 heavy (non-hydrogen) atoms. The van der Waals surface area contributed by atoms with Gasteiger partial charge in [0.1, 0.15) is 0 Å². The fraction of sp³-hybridized carbons (Fsp3) is 0.750. The summed E-state index contributed by atoms with van der Waals surface area (Å²) in [6.07, 6.45) is 3.21. The summed E-state index contributed by atoms with van der Waals surface area (Å²) in [4.78, 5) is 4.55. The predicted octanol–water partition coefficient (Wildman–Crippen LogP) is 5.37. The number of thiazole rings is 1. The van der Waals surface area contributed by atoms with E-state index in [0.29, 0.717) is 5.92 Å². The van der Waals surface area contributed by atoms with Crippen LogP contribution in [0, 0.1) is 5.92 Å². The third-order valence-corrected chi connectivity index (χ3v) is 5.82. The number of rotatable bonds is 5. The lowest BCUT2D eigenvalue weighted by atomic mass is 9.99. The van der Waals surface area contributed by atoms with E-state index in [-0.39, 0.29) is 0 Å². The maximum Gasteiger partial charge on any atom is 0.0964 e. The number of hydrogen-bond donors (Lipinski definition) is 0. The summed E-state index contributed by atoms with van der Waals surface area (Å²) in [6.45, 7) is 12.0. The van der Waals surface area contributed by atoms with Gasteiger partial charge in [0.2, 0.25) is 0 Å². The second-order valence-corrected chi connectivity index (χ2v) is 14.1. The molecular formula is C12H22BrNSSi. The van der Waals surface area contributed by atoms with Gasteiger partial charge in [-0.25, -0.2) is 4.98 Å². The topological polar surface area (TPSA) is 12.9 Å². The number of aromatic nitrogens is 1. The van der Waals surface area contributed by atoms with Crippen LogP contribution in [0.15, 0.2) is 9.98 Å². The Morgan fingerprint density at radius 1 is 1.38 bits per heavy atom. The molecular weight excluding hydrogens is 298 g/mol. The Kier molecular flexibility index (Phi) is 5.20. The highest BCUT2D eigenvalue weighted by Crippen LogP contribution is 2.35. The molecule has 0 bridgehead atoms. The third-order valence-electron chi connectivity index (χ3n) is 2.46. The molecule has 1 atom stereocenters. The van der Waals surface area contributed by atoms with Gasteiger partial charge in [0.15, 0.2) is 0 Å². The summed E-state index contributed by atoms with van der Waals surface area (Å²) in [5.41, 5.74) is 0. The summed E-state index contributed by atoms with van der Waals surface area (Å²) in [5.74, 6) is 1.42. The largest absolute Gasteiger partial charge is 0.248 e. The fourth-order valence-corrected chi connectivity index (χ4v) is 5.38. The average molecular weight is 320 g/mol. The third kappa shape index (κ3) is 5.10. The highest BCUT2D eigenvalue weighted by atomic mass is 79.9. The summed E-state index contributed by atoms with van der Waals surface area (Å²) >= 11 is 5.32. The van der Waals surface area contributed by atoms with Crippen molar-refractivity contribution in [2.24, 2.45) is 5.92 Å². The monoisotopic (exact) mass is 319 g/mol. The van der Waals surface area contributed by atoms with Gasteiger partial charge < -0.3 is 0 Å². The van der Waals surface area contributed by atoms with Crippen molar-refractivity contribution in [3.05, 3.63) is 15.0 Å². The average Bonchev–Trinajstić information content (AvgIpc) is 2.47. The van der Waals surface area contributed by atoms with Crippen molar-refractivity contribution in [1.29, 1.82) is 0 Å². The van der Waals surface area contributed by atoms with Crippen LogP contribution in [0.4, 0.5) is 0 Å². The Morgan fingerprint density at radius 3 is 2.38 bits per heavy atom. The molecule has 0 saturated heterocycles. The standard InChI is InChI=1S/C12H22BrNSSi/c1-9(2)6-10(8-16(3,4)5)12-14-7-11(13)15-12/h7,9-10H,6,8H2,1-5H3. The first-order valence-electron chi connectivity index (χ1n) is 5.89. The minimum atomic E-state index is -1.01. The summed E-state index contributed by atoms with van der Waals surface area (Å²) in [7, 11) is -1.01. The molecule has 92 valence electrons. The lowest BCUT2D eigenvalue weighted by Crippen LogP contribution is -2.23. The molecule has 0 spiro atoms. The molecule has 0 aliphatic heterocycles. The van der Waals surface area contributed by atoms with Crippen LogP contribution in [0.25, 0.3) is 0 Å². The van der Waals surface area contributed by atoms with E-state index >= 15 is 0 Å². The zero-order valence-corrected chi connectivity index (χ0v) is 14.3. The first kappa shape index (κ1) is 14.4. The highest BCUT2D eigenvalue weighted by molar-refractivity contribution is 9.11. The first-order chi connectivity index (χ1) is 7.28. The van der Waals surface area contributed by atoms with Gasteiger partial charge in [0, 0.05) is 14.0 Å². The molecule has 1 heterocycles. The molecule has 1 unspecified atom stereocenters. The van der Waals surface area contributed by atoms with Crippen molar-refractivity contribution in [2.75, 3.05) is 0 Å². The van der Waals surface area contributed by atoms with Gasteiger partial charge in [-0.1, -0.05) is 33.5 Å². The number of hydrogen-bond acceptors (Lipinski definition) is 2. The molecule has 1 aromatic rings. The number of nitrogens with zero attached hydrogens (tertiary/aromatic N) is 1. The maximum atomic E-state index is 4.55. The van der Waals surface area contributed by atoms with Gasteiger partial charge in [0.25, 0.3) is 0 Å². The van der Waals surface area contributed by atoms with E-state index < -0.39 is 8.07 Å². The van der Waals surface area contributed by atoms with Gasteiger partial charge in [-0.05, 0) is 34.3 Å². The molecule has 1 rings (SSSR count). The molecule has 0 saturated carbocycles. The van der Waals surface area contributed by atoms with Crippen LogP contribution in [0.5, 0.6) is 0 Å².